The van der Waals surface area contributed by atoms with Crippen LogP contribution in [0.5, 0.6) is 0 Å². The van der Waals surface area contributed by atoms with E-state index in [2.05, 4.69) is 15.7 Å². The van der Waals surface area contributed by atoms with Crippen LogP contribution in [-0.4, -0.2) is 23.7 Å². The van der Waals surface area contributed by atoms with E-state index >= 15 is 0 Å². The number of nitrogens with one attached hydrogen (secondary N) is 1. The van der Waals surface area contributed by atoms with Crippen LogP contribution in [-0.2, 0) is 11.3 Å². The fourth-order valence-electron chi connectivity index (χ4n) is 2.47. The molecule has 0 radical (unpaired) electrons. The Balaban J connectivity index is 1.51. The minimum absolute atomic E-state index is 0.217. The van der Waals surface area contributed by atoms with Gasteiger partial charge in [0.2, 0.25) is 0 Å². The molecule has 0 bridgehead atoms. The molecule has 1 aromatic heterocycles. The lowest BCUT2D eigenvalue weighted by molar-refractivity contribution is -0.0102. The van der Waals surface area contributed by atoms with Crippen molar-refractivity contribution in [1.82, 2.24) is 10.3 Å². The van der Waals surface area contributed by atoms with Crippen LogP contribution in [0.4, 0.5) is 4.39 Å². The van der Waals surface area contributed by atoms with E-state index in [0.29, 0.717) is 12.1 Å². The summed E-state index contributed by atoms with van der Waals surface area (Å²) < 4.78 is 18.5. The van der Waals surface area contributed by atoms with Crippen LogP contribution >= 0.6 is 11.3 Å². The quantitative estimate of drug-likeness (QED) is 0.885. The highest BCUT2D eigenvalue weighted by Gasteiger charge is 2.28. The third-order valence-electron chi connectivity index (χ3n) is 3.71. The van der Waals surface area contributed by atoms with Crippen LogP contribution in [0, 0.1) is 5.82 Å². The van der Waals surface area contributed by atoms with Crippen molar-refractivity contribution < 1.29 is 9.13 Å². The number of aromatic nitrogens is 1. The minimum atomic E-state index is -0.217. The highest BCUT2D eigenvalue weighted by molar-refractivity contribution is 7.13. The Bertz CT molecular complexity index is 578. The van der Waals surface area contributed by atoms with E-state index in [9.17, 15) is 4.39 Å². The van der Waals surface area contributed by atoms with Crippen LogP contribution < -0.4 is 5.32 Å². The van der Waals surface area contributed by atoms with Gasteiger partial charge in [-0.3, -0.25) is 0 Å². The van der Waals surface area contributed by atoms with Crippen molar-refractivity contribution in [2.75, 3.05) is 6.61 Å². The van der Waals surface area contributed by atoms with Gasteiger partial charge in [-0.1, -0.05) is 0 Å². The van der Waals surface area contributed by atoms with Gasteiger partial charge in [-0.05, 0) is 44.0 Å². The van der Waals surface area contributed by atoms with Gasteiger partial charge in [0, 0.05) is 30.1 Å². The van der Waals surface area contributed by atoms with Gasteiger partial charge in [0.15, 0.2) is 0 Å². The number of ether oxygens (including phenoxy) is 1. The molecule has 5 heteroatoms. The van der Waals surface area contributed by atoms with Crippen molar-refractivity contribution in [3.63, 3.8) is 0 Å². The molecule has 0 atom stereocenters. The summed E-state index contributed by atoms with van der Waals surface area (Å²) in [5, 5.41) is 6.50. The van der Waals surface area contributed by atoms with Gasteiger partial charge in [-0.15, -0.1) is 11.3 Å². The molecular weight excluding hydrogens is 287 g/mol. The highest BCUT2D eigenvalue weighted by atomic mass is 32.1. The van der Waals surface area contributed by atoms with Gasteiger partial charge >= 0.3 is 0 Å². The molecule has 3 nitrogen and oxygen atoms in total. The normalized spacial score (nSPS) is 21.2. The Morgan fingerprint density at radius 3 is 2.81 bits per heavy atom. The molecule has 2 aromatic rings. The summed E-state index contributed by atoms with van der Waals surface area (Å²) in [4.78, 5) is 4.60. The molecule has 3 rings (SSSR count). The summed E-state index contributed by atoms with van der Waals surface area (Å²) in [5.74, 6) is -0.217. The first-order valence-electron chi connectivity index (χ1n) is 7.30. The lowest BCUT2D eigenvalue weighted by Gasteiger charge is -2.35. The van der Waals surface area contributed by atoms with Crippen molar-refractivity contribution in [3.8, 4) is 10.6 Å². The van der Waals surface area contributed by atoms with Crippen molar-refractivity contribution in [3.05, 3.63) is 41.2 Å². The monoisotopic (exact) mass is 306 g/mol. The molecule has 1 fully saturated rings. The molecule has 0 spiro atoms. The zero-order valence-corrected chi connectivity index (χ0v) is 12.8. The number of thiazole rings is 1. The molecule has 112 valence electrons. The van der Waals surface area contributed by atoms with Crippen LogP contribution in [0.15, 0.2) is 29.6 Å². The fourth-order valence-corrected chi connectivity index (χ4v) is 3.29. The van der Waals surface area contributed by atoms with E-state index in [1.807, 2.05) is 6.92 Å². The molecule has 0 aliphatic heterocycles. The Morgan fingerprint density at radius 2 is 2.10 bits per heavy atom. The molecule has 1 aromatic carbocycles. The van der Waals surface area contributed by atoms with E-state index in [-0.39, 0.29) is 5.82 Å². The molecule has 0 unspecified atom stereocenters. The fraction of sp³-hybridized carbons (Fsp3) is 0.438. The first-order valence-corrected chi connectivity index (χ1v) is 8.18. The van der Waals surface area contributed by atoms with Gasteiger partial charge in [0.05, 0.1) is 11.8 Å². The van der Waals surface area contributed by atoms with Crippen LogP contribution in [0.2, 0.25) is 0 Å². The van der Waals surface area contributed by atoms with Gasteiger partial charge < -0.3 is 10.1 Å². The lowest BCUT2D eigenvalue weighted by atomic mass is 9.89. The van der Waals surface area contributed by atoms with E-state index in [4.69, 9.17) is 4.74 Å². The second-order valence-corrected chi connectivity index (χ2v) is 6.14. The van der Waals surface area contributed by atoms with Crippen LogP contribution in [0.25, 0.3) is 10.6 Å². The van der Waals surface area contributed by atoms with E-state index in [1.165, 1.54) is 12.1 Å². The molecule has 1 aliphatic carbocycles. The second-order valence-electron chi connectivity index (χ2n) is 5.28. The third-order valence-corrected chi connectivity index (χ3v) is 4.65. The molecule has 1 heterocycles. The van der Waals surface area contributed by atoms with Gasteiger partial charge in [-0.25, -0.2) is 9.37 Å². The molecule has 1 N–H and O–H groups in total. The van der Waals surface area contributed by atoms with Crippen molar-refractivity contribution >= 4 is 11.3 Å². The summed E-state index contributed by atoms with van der Waals surface area (Å²) in [6.45, 7) is 3.61. The Labute approximate surface area is 128 Å². The first kappa shape index (κ1) is 14.6. The SMILES string of the molecule is CCOC1CC(NCc2csc(-c3ccc(F)cc3)n2)C1. The van der Waals surface area contributed by atoms with E-state index < -0.39 is 0 Å². The Morgan fingerprint density at radius 1 is 1.33 bits per heavy atom. The summed E-state index contributed by atoms with van der Waals surface area (Å²) >= 11 is 1.60. The molecule has 21 heavy (non-hydrogen) atoms. The highest BCUT2D eigenvalue weighted by Crippen LogP contribution is 2.26. The van der Waals surface area contributed by atoms with Crippen LogP contribution in [0.3, 0.4) is 0 Å². The third kappa shape index (κ3) is 3.67. The maximum absolute atomic E-state index is 12.9. The van der Waals surface area contributed by atoms with Crippen molar-refractivity contribution in [2.24, 2.45) is 0 Å². The summed E-state index contributed by atoms with van der Waals surface area (Å²) in [7, 11) is 0. The number of hydrogen-bond donors (Lipinski definition) is 1. The largest absolute Gasteiger partial charge is 0.378 e. The van der Waals surface area contributed by atoms with E-state index in [0.717, 1.165) is 42.3 Å². The van der Waals surface area contributed by atoms with Gasteiger partial charge in [0.1, 0.15) is 10.8 Å². The molecule has 1 saturated carbocycles. The smallest absolute Gasteiger partial charge is 0.123 e. The number of hydrogen-bond acceptors (Lipinski definition) is 4. The predicted octanol–water partition coefficient (Wildman–Crippen LogP) is 3.61. The van der Waals surface area contributed by atoms with Gasteiger partial charge in [0.25, 0.3) is 0 Å². The molecule has 0 amide bonds. The maximum atomic E-state index is 12.9. The summed E-state index contributed by atoms with van der Waals surface area (Å²) in [6, 6.07) is 7.01. The average molecular weight is 306 g/mol. The predicted molar refractivity (Wildman–Crippen MR) is 82.8 cm³/mol. The standard InChI is InChI=1S/C16H19FN2OS/c1-2-20-15-7-13(8-15)18-9-14-10-21-16(19-14)11-3-5-12(17)6-4-11/h3-6,10,13,15,18H,2,7-9H2,1H3. The lowest BCUT2D eigenvalue weighted by Crippen LogP contribution is -2.45. The average Bonchev–Trinajstić information content (AvgIpc) is 2.91. The van der Waals surface area contributed by atoms with Gasteiger partial charge in [-0.2, -0.15) is 0 Å². The number of nitrogens with zero attached hydrogens (tertiary/aromatic N) is 1. The number of halogens is 1. The number of benzene rings is 1. The zero-order valence-electron chi connectivity index (χ0n) is 12.0. The molecule has 1 aliphatic rings. The maximum Gasteiger partial charge on any atom is 0.123 e. The second kappa shape index (κ2) is 6.64. The summed E-state index contributed by atoms with van der Waals surface area (Å²) in [5.41, 5.74) is 2.01. The minimum Gasteiger partial charge on any atom is -0.378 e. The first-order chi connectivity index (χ1) is 10.2. The molecule has 0 saturated heterocycles. The van der Waals surface area contributed by atoms with Crippen molar-refractivity contribution in [2.45, 2.75) is 38.5 Å². The Hall–Kier alpha value is -1.30. The van der Waals surface area contributed by atoms with E-state index in [1.54, 1.807) is 23.5 Å². The van der Waals surface area contributed by atoms with Crippen molar-refractivity contribution in [1.29, 1.82) is 0 Å². The topological polar surface area (TPSA) is 34.1 Å². The summed E-state index contributed by atoms with van der Waals surface area (Å²) in [6.07, 6.45) is 2.60. The number of rotatable bonds is 6. The zero-order chi connectivity index (χ0) is 14.7. The molecular formula is C16H19FN2OS. The Kier molecular flexibility index (Phi) is 4.63. The van der Waals surface area contributed by atoms with Crippen LogP contribution in [0.1, 0.15) is 25.5 Å².